The van der Waals surface area contributed by atoms with Gasteiger partial charge in [0.2, 0.25) is 0 Å². The smallest absolute Gasteiger partial charge is 0.288 e. The normalized spacial score (nSPS) is 10.4. The van der Waals surface area contributed by atoms with Crippen LogP contribution in [-0.4, -0.2) is 23.4 Å². The molecule has 7 nitrogen and oxygen atoms in total. The summed E-state index contributed by atoms with van der Waals surface area (Å²) in [5.74, 6) is 0.738. The van der Waals surface area contributed by atoms with E-state index in [0.29, 0.717) is 5.56 Å². The Morgan fingerprint density at radius 2 is 2.04 bits per heavy atom. The van der Waals surface area contributed by atoms with E-state index in [1.54, 1.807) is 37.4 Å². The molecule has 9 heteroatoms. The van der Waals surface area contributed by atoms with Gasteiger partial charge in [0, 0.05) is 17.3 Å². The lowest BCUT2D eigenvalue weighted by Gasteiger charge is -2.07. The Kier molecular flexibility index (Phi) is 6.05. The van der Waals surface area contributed by atoms with E-state index in [-0.39, 0.29) is 15.8 Å². The number of nitrogens with one attached hydrogen (secondary N) is 2. The molecule has 0 aliphatic carbocycles. The number of anilines is 1. The molecule has 0 aromatic heterocycles. The van der Waals surface area contributed by atoms with Gasteiger partial charge in [0.05, 0.1) is 18.2 Å². The molecule has 124 valence electrons. The van der Waals surface area contributed by atoms with Gasteiger partial charge in [-0.2, -0.15) is 5.10 Å². The monoisotopic (exact) mass is 364 g/mol. The van der Waals surface area contributed by atoms with Crippen LogP contribution in [0.15, 0.2) is 47.6 Å². The number of hydrogen-bond donors (Lipinski definition) is 2. The Hall–Kier alpha value is -2.71. The van der Waals surface area contributed by atoms with Crippen LogP contribution in [0.2, 0.25) is 5.02 Å². The molecule has 0 unspecified atom stereocenters. The number of hydrogen-bond acceptors (Lipinski definition) is 5. The summed E-state index contributed by atoms with van der Waals surface area (Å²) in [6.07, 6.45) is 1.41. The van der Waals surface area contributed by atoms with E-state index in [1.807, 2.05) is 0 Å². The fourth-order valence-corrected chi connectivity index (χ4v) is 2.11. The van der Waals surface area contributed by atoms with Crippen molar-refractivity contribution < 1.29 is 9.66 Å². The lowest BCUT2D eigenvalue weighted by molar-refractivity contribution is -0.384. The van der Waals surface area contributed by atoms with Crippen molar-refractivity contribution in [2.24, 2.45) is 5.10 Å². The minimum atomic E-state index is -0.553. The highest BCUT2D eigenvalue weighted by Gasteiger charge is 2.11. The van der Waals surface area contributed by atoms with Crippen LogP contribution in [0.5, 0.6) is 5.75 Å². The Bertz CT molecular complexity index is 781. The topological polar surface area (TPSA) is 88.8 Å². The quantitative estimate of drug-likeness (QED) is 0.365. The standard InChI is InChI=1S/C15H13ClN4O3S/c1-23-12-5-3-11(4-6-12)18-15(24)19-17-9-10-2-7-13(16)14(8-10)20(21)22/h2-9H,1H3,(H2,18,19,24)/b17-9-. The number of benzene rings is 2. The van der Waals surface area contributed by atoms with Crippen molar-refractivity contribution in [3.05, 3.63) is 63.2 Å². The highest BCUT2D eigenvalue weighted by molar-refractivity contribution is 7.80. The molecule has 0 spiro atoms. The van der Waals surface area contributed by atoms with Crippen molar-refractivity contribution in [3.63, 3.8) is 0 Å². The third kappa shape index (κ3) is 4.90. The van der Waals surface area contributed by atoms with E-state index in [2.05, 4.69) is 15.8 Å². The van der Waals surface area contributed by atoms with E-state index in [9.17, 15) is 10.1 Å². The van der Waals surface area contributed by atoms with E-state index in [0.717, 1.165) is 11.4 Å². The second-order valence-electron chi connectivity index (χ2n) is 4.52. The van der Waals surface area contributed by atoms with Crippen molar-refractivity contribution in [2.45, 2.75) is 0 Å². The van der Waals surface area contributed by atoms with Gasteiger partial charge in [0.15, 0.2) is 5.11 Å². The third-order valence-corrected chi connectivity index (χ3v) is 3.41. The predicted octanol–water partition coefficient (Wildman–Crippen LogP) is 3.58. The van der Waals surface area contributed by atoms with Crippen LogP contribution in [0, 0.1) is 10.1 Å². The minimum absolute atomic E-state index is 0.0711. The van der Waals surface area contributed by atoms with Crippen LogP contribution in [-0.2, 0) is 0 Å². The second kappa shape index (κ2) is 8.23. The number of rotatable bonds is 5. The highest BCUT2D eigenvalue weighted by atomic mass is 35.5. The van der Waals surface area contributed by atoms with E-state index >= 15 is 0 Å². The first kappa shape index (κ1) is 17.6. The molecule has 0 heterocycles. The minimum Gasteiger partial charge on any atom is -0.497 e. The van der Waals surface area contributed by atoms with Crippen LogP contribution >= 0.6 is 23.8 Å². The number of ether oxygens (including phenoxy) is 1. The Balaban J connectivity index is 1.94. The van der Waals surface area contributed by atoms with Crippen molar-refractivity contribution in [2.75, 3.05) is 12.4 Å². The lowest BCUT2D eigenvalue weighted by Crippen LogP contribution is -2.23. The number of methoxy groups -OCH3 is 1. The van der Waals surface area contributed by atoms with Crippen LogP contribution in [0.1, 0.15) is 5.56 Å². The fourth-order valence-electron chi connectivity index (χ4n) is 1.75. The lowest BCUT2D eigenvalue weighted by atomic mass is 10.2. The molecule has 0 saturated carbocycles. The first-order valence-electron chi connectivity index (χ1n) is 6.67. The van der Waals surface area contributed by atoms with Gasteiger partial charge in [-0.15, -0.1) is 0 Å². The van der Waals surface area contributed by atoms with Gasteiger partial charge in [-0.25, -0.2) is 0 Å². The maximum atomic E-state index is 10.8. The zero-order valence-electron chi connectivity index (χ0n) is 12.5. The highest BCUT2D eigenvalue weighted by Crippen LogP contribution is 2.24. The fraction of sp³-hybridized carbons (Fsp3) is 0.0667. The summed E-state index contributed by atoms with van der Waals surface area (Å²) in [4.78, 5) is 10.3. The SMILES string of the molecule is COc1ccc(NC(=S)N/N=C\c2ccc(Cl)c([N+](=O)[O-])c2)cc1. The van der Waals surface area contributed by atoms with Gasteiger partial charge >= 0.3 is 0 Å². The summed E-state index contributed by atoms with van der Waals surface area (Å²) in [6.45, 7) is 0. The molecule has 0 amide bonds. The van der Waals surface area contributed by atoms with Gasteiger partial charge in [-0.3, -0.25) is 15.5 Å². The third-order valence-electron chi connectivity index (χ3n) is 2.89. The van der Waals surface area contributed by atoms with Crippen molar-refractivity contribution >= 4 is 46.5 Å². The van der Waals surface area contributed by atoms with E-state index in [1.165, 1.54) is 18.3 Å². The molecule has 2 aromatic rings. The summed E-state index contributed by atoms with van der Waals surface area (Å²) < 4.78 is 5.07. The Labute approximate surface area is 148 Å². The van der Waals surface area contributed by atoms with E-state index in [4.69, 9.17) is 28.6 Å². The summed E-state index contributed by atoms with van der Waals surface area (Å²) in [5.41, 5.74) is 3.73. The molecule has 0 atom stereocenters. The molecule has 0 aliphatic rings. The van der Waals surface area contributed by atoms with Gasteiger partial charge in [-0.1, -0.05) is 17.7 Å². The van der Waals surface area contributed by atoms with Crippen LogP contribution in [0.4, 0.5) is 11.4 Å². The van der Waals surface area contributed by atoms with Crippen LogP contribution in [0.25, 0.3) is 0 Å². The molecule has 2 N–H and O–H groups in total. The molecule has 2 rings (SSSR count). The zero-order chi connectivity index (χ0) is 17.5. The molecule has 0 aliphatic heterocycles. The van der Waals surface area contributed by atoms with Crippen LogP contribution < -0.4 is 15.5 Å². The van der Waals surface area contributed by atoms with Crippen molar-refractivity contribution in [1.29, 1.82) is 0 Å². The number of nitrogens with zero attached hydrogens (tertiary/aromatic N) is 2. The average molecular weight is 365 g/mol. The second-order valence-corrected chi connectivity index (χ2v) is 5.34. The molecule has 0 saturated heterocycles. The van der Waals surface area contributed by atoms with Gasteiger partial charge < -0.3 is 10.1 Å². The van der Waals surface area contributed by atoms with Crippen molar-refractivity contribution in [1.82, 2.24) is 5.43 Å². The summed E-state index contributed by atoms with van der Waals surface area (Å²) >= 11 is 10.9. The van der Waals surface area contributed by atoms with Crippen molar-refractivity contribution in [3.8, 4) is 5.75 Å². The van der Waals surface area contributed by atoms with Gasteiger partial charge in [0.25, 0.3) is 5.69 Å². The summed E-state index contributed by atoms with van der Waals surface area (Å²) in [6, 6.07) is 11.6. The molecular weight excluding hydrogens is 352 g/mol. The summed E-state index contributed by atoms with van der Waals surface area (Å²) in [5, 5.41) is 18.0. The van der Waals surface area contributed by atoms with Gasteiger partial charge in [0.1, 0.15) is 10.8 Å². The Morgan fingerprint density at radius 3 is 2.67 bits per heavy atom. The molecule has 0 bridgehead atoms. The molecule has 24 heavy (non-hydrogen) atoms. The predicted molar refractivity (Wildman–Crippen MR) is 98.1 cm³/mol. The zero-order valence-corrected chi connectivity index (χ0v) is 14.1. The largest absolute Gasteiger partial charge is 0.497 e. The molecular formula is C15H13ClN4O3S. The maximum Gasteiger partial charge on any atom is 0.288 e. The number of hydrazone groups is 1. The van der Waals surface area contributed by atoms with Crippen LogP contribution in [0.3, 0.4) is 0 Å². The number of nitro benzene ring substituents is 1. The number of halogens is 1. The molecule has 0 fully saturated rings. The average Bonchev–Trinajstić information content (AvgIpc) is 2.57. The first-order chi connectivity index (χ1) is 11.5. The number of thiocarbonyl (C=S) groups is 1. The summed E-state index contributed by atoms with van der Waals surface area (Å²) in [7, 11) is 1.59. The Morgan fingerprint density at radius 1 is 1.33 bits per heavy atom. The van der Waals surface area contributed by atoms with E-state index < -0.39 is 4.92 Å². The molecule has 0 radical (unpaired) electrons. The molecule has 2 aromatic carbocycles. The maximum absolute atomic E-state index is 10.8. The first-order valence-corrected chi connectivity index (χ1v) is 7.46. The number of nitro groups is 1. The van der Waals surface area contributed by atoms with Gasteiger partial charge in [-0.05, 0) is 42.5 Å².